The van der Waals surface area contributed by atoms with Gasteiger partial charge in [0.2, 0.25) is 0 Å². The Kier molecular flexibility index (Phi) is 5.74. The second-order valence-electron chi connectivity index (χ2n) is 6.68. The molecule has 0 N–H and O–H groups in total. The Morgan fingerprint density at radius 2 is 1.81 bits per heavy atom. The summed E-state index contributed by atoms with van der Waals surface area (Å²) < 4.78 is 3.11. The summed E-state index contributed by atoms with van der Waals surface area (Å²) in [6, 6.07) is 18.3. The van der Waals surface area contributed by atoms with Crippen LogP contribution in [0.2, 0.25) is 0 Å². The quantitative estimate of drug-likeness (QED) is 0.534. The standard InChI is InChI=1S/C21H20BrN3OS/c22-17-11-5-4-10-16(17)20-23-24-21(27-19-13-7-6-12-18(19)26)25(20)14-15-8-2-1-3-9-15/h1-5,8-11,19H,6-7,12-14H2. The predicted octanol–water partition coefficient (Wildman–Crippen LogP) is 5.36. The van der Waals surface area contributed by atoms with E-state index in [9.17, 15) is 4.79 Å². The fourth-order valence-electron chi connectivity index (χ4n) is 3.33. The van der Waals surface area contributed by atoms with Crippen molar-refractivity contribution < 1.29 is 4.79 Å². The second kappa shape index (κ2) is 8.40. The molecule has 1 saturated carbocycles. The van der Waals surface area contributed by atoms with Crippen molar-refractivity contribution in [3.8, 4) is 11.4 Å². The molecular formula is C21H20BrN3OS. The molecule has 0 amide bonds. The van der Waals surface area contributed by atoms with Crippen LogP contribution in [0.3, 0.4) is 0 Å². The summed E-state index contributed by atoms with van der Waals surface area (Å²) in [7, 11) is 0. The lowest BCUT2D eigenvalue weighted by Gasteiger charge is -2.20. The summed E-state index contributed by atoms with van der Waals surface area (Å²) in [5.74, 6) is 1.15. The van der Waals surface area contributed by atoms with Gasteiger partial charge in [-0.15, -0.1) is 10.2 Å². The third-order valence-corrected chi connectivity index (χ3v) is 6.75. The summed E-state index contributed by atoms with van der Waals surface area (Å²) in [6.07, 6.45) is 3.72. The first-order chi connectivity index (χ1) is 13.2. The Balaban J connectivity index is 1.72. The summed E-state index contributed by atoms with van der Waals surface area (Å²) >= 11 is 5.19. The molecule has 4 rings (SSSR count). The molecule has 0 aliphatic heterocycles. The van der Waals surface area contributed by atoms with E-state index in [1.54, 1.807) is 11.8 Å². The van der Waals surface area contributed by atoms with E-state index in [-0.39, 0.29) is 5.25 Å². The van der Waals surface area contributed by atoms with Crippen molar-refractivity contribution >= 4 is 33.5 Å². The number of carbonyl (C=O) groups is 1. The van der Waals surface area contributed by atoms with Crippen molar-refractivity contribution in [3.63, 3.8) is 0 Å². The van der Waals surface area contributed by atoms with Gasteiger partial charge >= 0.3 is 0 Å². The minimum absolute atomic E-state index is 0.00969. The molecule has 1 aliphatic rings. The highest BCUT2D eigenvalue weighted by molar-refractivity contribution is 9.10. The molecule has 0 bridgehead atoms. The fraction of sp³-hybridized carbons (Fsp3) is 0.286. The maximum absolute atomic E-state index is 12.3. The van der Waals surface area contributed by atoms with E-state index in [1.807, 2.05) is 42.5 Å². The Labute approximate surface area is 171 Å². The molecule has 1 fully saturated rings. The van der Waals surface area contributed by atoms with Gasteiger partial charge in [0.1, 0.15) is 5.78 Å². The number of benzene rings is 2. The van der Waals surface area contributed by atoms with Gasteiger partial charge in [0, 0.05) is 16.5 Å². The van der Waals surface area contributed by atoms with Crippen LogP contribution in [0.15, 0.2) is 64.2 Å². The predicted molar refractivity (Wildman–Crippen MR) is 112 cm³/mol. The van der Waals surface area contributed by atoms with E-state index in [4.69, 9.17) is 0 Å². The molecule has 27 heavy (non-hydrogen) atoms. The van der Waals surface area contributed by atoms with Gasteiger partial charge in [-0.1, -0.05) is 82.6 Å². The Hall–Kier alpha value is -1.92. The maximum Gasteiger partial charge on any atom is 0.192 e. The monoisotopic (exact) mass is 441 g/mol. The molecule has 0 spiro atoms. The molecule has 6 heteroatoms. The number of hydrogen-bond acceptors (Lipinski definition) is 4. The van der Waals surface area contributed by atoms with E-state index in [1.165, 1.54) is 5.56 Å². The minimum Gasteiger partial charge on any atom is -0.298 e. The minimum atomic E-state index is -0.00969. The summed E-state index contributed by atoms with van der Waals surface area (Å²) in [4.78, 5) is 12.3. The number of nitrogens with zero attached hydrogens (tertiary/aromatic N) is 3. The molecule has 4 nitrogen and oxygen atoms in total. The zero-order valence-corrected chi connectivity index (χ0v) is 17.2. The van der Waals surface area contributed by atoms with Crippen molar-refractivity contribution in [1.82, 2.24) is 14.8 Å². The van der Waals surface area contributed by atoms with Crippen molar-refractivity contribution in [2.75, 3.05) is 0 Å². The van der Waals surface area contributed by atoms with Gasteiger partial charge in [0.25, 0.3) is 0 Å². The summed E-state index contributed by atoms with van der Waals surface area (Å²) in [5, 5.41) is 9.75. The molecule has 1 atom stereocenters. The highest BCUT2D eigenvalue weighted by atomic mass is 79.9. The first kappa shape index (κ1) is 18.4. The molecule has 1 heterocycles. The van der Waals surface area contributed by atoms with Gasteiger partial charge in [0.15, 0.2) is 11.0 Å². The van der Waals surface area contributed by atoms with Crippen LogP contribution in [-0.4, -0.2) is 25.8 Å². The lowest BCUT2D eigenvalue weighted by molar-refractivity contribution is -0.119. The van der Waals surface area contributed by atoms with Crippen LogP contribution >= 0.6 is 27.7 Å². The second-order valence-corrected chi connectivity index (χ2v) is 8.70. The molecule has 0 saturated heterocycles. The zero-order chi connectivity index (χ0) is 18.6. The van der Waals surface area contributed by atoms with Crippen molar-refractivity contribution in [2.45, 2.75) is 42.6 Å². The third kappa shape index (κ3) is 4.17. The summed E-state index contributed by atoms with van der Waals surface area (Å²) in [6.45, 7) is 0.674. The number of hydrogen-bond donors (Lipinski definition) is 0. The lowest BCUT2D eigenvalue weighted by atomic mass is 9.99. The summed E-state index contributed by atoms with van der Waals surface area (Å²) in [5.41, 5.74) is 2.19. The first-order valence-electron chi connectivity index (χ1n) is 9.14. The van der Waals surface area contributed by atoms with Gasteiger partial charge in [-0.25, -0.2) is 0 Å². The Morgan fingerprint density at radius 1 is 1.04 bits per heavy atom. The van der Waals surface area contributed by atoms with Crippen LogP contribution in [0.25, 0.3) is 11.4 Å². The van der Waals surface area contributed by atoms with Crippen LogP contribution in [0.4, 0.5) is 0 Å². The number of rotatable bonds is 5. The van der Waals surface area contributed by atoms with E-state index in [2.05, 4.69) is 42.8 Å². The molecule has 2 aromatic carbocycles. The van der Waals surface area contributed by atoms with Crippen LogP contribution in [0.1, 0.15) is 31.2 Å². The van der Waals surface area contributed by atoms with Crippen LogP contribution in [0.5, 0.6) is 0 Å². The normalized spacial score (nSPS) is 17.2. The zero-order valence-electron chi connectivity index (χ0n) is 14.8. The highest BCUT2D eigenvalue weighted by Gasteiger charge is 2.26. The van der Waals surface area contributed by atoms with Crippen LogP contribution in [0, 0.1) is 0 Å². The lowest BCUT2D eigenvalue weighted by Crippen LogP contribution is -2.22. The molecule has 0 radical (unpaired) electrons. The highest BCUT2D eigenvalue weighted by Crippen LogP contribution is 2.34. The maximum atomic E-state index is 12.3. The molecule has 138 valence electrons. The van der Waals surface area contributed by atoms with Crippen LogP contribution in [-0.2, 0) is 11.3 Å². The molecule has 1 aromatic heterocycles. The average Bonchev–Trinajstić information content (AvgIpc) is 3.07. The van der Waals surface area contributed by atoms with E-state index >= 15 is 0 Å². The number of aromatic nitrogens is 3. The van der Waals surface area contributed by atoms with Gasteiger partial charge in [-0.05, 0) is 24.5 Å². The Bertz CT molecular complexity index is 942. The Morgan fingerprint density at radius 3 is 2.59 bits per heavy atom. The largest absolute Gasteiger partial charge is 0.298 e. The number of carbonyl (C=O) groups excluding carboxylic acids is 1. The van der Waals surface area contributed by atoms with Gasteiger partial charge < -0.3 is 0 Å². The molecule has 3 aromatic rings. The van der Waals surface area contributed by atoms with E-state index in [0.29, 0.717) is 18.7 Å². The topological polar surface area (TPSA) is 47.8 Å². The fourth-order valence-corrected chi connectivity index (χ4v) is 4.95. The van der Waals surface area contributed by atoms with Crippen molar-refractivity contribution in [1.29, 1.82) is 0 Å². The van der Waals surface area contributed by atoms with E-state index in [0.717, 1.165) is 40.3 Å². The molecular weight excluding hydrogens is 422 g/mol. The van der Waals surface area contributed by atoms with Gasteiger partial charge in [-0.2, -0.15) is 0 Å². The van der Waals surface area contributed by atoms with Gasteiger partial charge in [0.05, 0.1) is 11.8 Å². The third-order valence-electron chi connectivity index (χ3n) is 4.76. The first-order valence-corrected chi connectivity index (χ1v) is 10.8. The average molecular weight is 442 g/mol. The van der Waals surface area contributed by atoms with E-state index < -0.39 is 0 Å². The number of halogens is 1. The smallest absolute Gasteiger partial charge is 0.192 e. The van der Waals surface area contributed by atoms with Crippen LogP contribution < -0.4 is 0 Å². The number of ketones is 1. The number of thioether (sulfide) groups is 1. The van der Waals surface area contributed by atoms with Crippen molar-refractivity contribution in [3.05, 3.63) is 64.6 Å². The van der Waals surface area contributed by atoms with Crippen molar-refractivity contribution in [2.24, 2.45) is 0 Å². The van der Waals surface area contributed by atoms with Gasteiger partial charge in [-0.3, -0.25) is 9.36 Å². The molecule has 1 aliphatic carbocycles. The SMILES string of the molecule is O=C1CCCCC1Sc1nnc(-c2ccccc2Br)n1Cc1ccccc1. The number of Topliss-reactive ketones (excluding diaryl/α,β-unsaturated/α-hetero) is 1. The molecule has 1 unspecified atom stereocenters.